The van der Waals surface area contributed by atoms with E-state index in [-0.39, 0.29) is 18.0 Å². The predicted molar refractivity (Wildman–Crippen MR) is 119 cm³/mol. The van der Waals surface area contributed by atoms with Crippen LogP contribution in [0.4, 0.5) is 11.4 Å². The van der Waals surface area contributed by atoms with Gasteiger partial charge in [0.05, 0.1) is 22.5 Å². The summed E-state index contributed by atoms with van der Waals surface area (Å²) in [6.07, 6.45) is 0. The van der Waals surface area contributed by atoms with Crippen LogP contribution in [0.15, 0.2) is 82.6 Å². The number of carbonyl (C=O) groups is 3. The molecule has 1 heterocycles. The van der Waals surface area contributed by atoms with Crippen molar-refractivity contribution in [2.24, 2.45) is 0 Å². The van der Waals surface area contributed by atoms with Crippen LogP contribution in [0.5, 0.6) is 0 Å². The van der Waals surface area contributed by atoms with Crippen LogP contribution in [0.1, 0.15) is 15.9 Å². The Balaban J connectivity index is 1.48. The molecule has 0 aromatic heterocycles. The number of nitrogens with one attached hydrogen (secondary N) is 1. The lowest BCUT2D eigenvalue weighted by atomic mass is 10.2. The average molecular weight is 443 g/mol. The minimum absolute atomic E-state index is 0.148. The number of anilines is 2. The van der Waals surface area contributed by atoms with Crippen molar-refractivity contribution in [1.82, 2.24) is 0 Å². The molecule has 0 fully saturated rings. The first-order valence-electron chi connectivity index (χ1n) is 9.69. The Labute approximate surface area is 188 Å². The fourth-order valence-corrected chi connectivity index (χ4v) is 4.24. The quantitative estimate of drug-likeness (QED) is 0.602. The average Bonchev–Trinajstić information content (AvgIpc) is 2.82. The maximum Gasteiger partial charge on any atom is 0.339 e. The number of nitrogens with zero attached hydrogens (tertiary/aromatic N) is 2. The van der Waals surface area contributed by atoms with Gasteiger partial charge in [0.1, 0.15) is 12.6 Å². The maximum atomic E-state index is 12.8. The Kier molecular flexibility index (Phi) is 6.19. The number of benzene rings is 3. The van der Waals surface area contributed by atoms with Gasteiger partial charge in [0.2, 0.25) is 5.91 Å². The molecule has 0 atom stereocenters. The molecule has 3 aromatic carbocycles. The summed E-state index contributed by atoms with van der Waals surface area (Å²) in [5.74, 6) is -1.48. The Morgan fingerprint density at radius 3 is 2.50 bits per heavy atom. The third-order valence-corrected chi connectivity index (χ3v) is 5.88. The third kappa shape index (κ3) is 4.48. The second-order valence-electron chi connectivity index (χ2n) is 6.83. The number of amides is 2. The van der Waals surface area contributed by atoms with E-state index in [1.807, 2.05) is 6.07 Å². The molecule has 4 rings (SSSR count). The molecule has 0 spiro atoms. The van der Waals surface area contributed by atoms with Crippen molar-refractivity contribution < 1.29 is 19.1 Å². The molecule has 0 unspecified atom stereocenters. The van der Waals surface area contributed by atoms with Crippen molar-refractivity contribution in [1.29, 1.82) is 5.26 Å². The van der Waals surface area contributed by atoms with Gasteiger partial charge >= 0.3 is 5.97 Å². The molecular weight excluding hydrogens is 426 g/mol. The van der Waals surface area contributed by atoms with E-state index in [2.05, 4.69) is 11.4 Å². The summed E-state index contributed by atoms with van der Waals surface area (Å²) in [7, 11) is 0. The van der Waals surface area contributed by atoms with Gasteiger partial charge in [-0.3, -0.25) is 14.5 Å². The number of carbonyl (C=O) groups excluding carboxylic acids is 3. The highest BCUT2D eigenvalue weighted by molar-refractivity contribution is 7.99. The number of fused-ring (bicyclic) bond motifs is 1. The Morgan fingerprint density at radius 1 is 1.00 bits per heavy atom. The fraction of sp³-hybridized carbons (Fsp3) is 0.0833. The smallest absolute Gasteiger partial charge is 0.339 e. The fourth-order valence-electron chi connectivity index (χ4n) is 3.23. The SMILES string of the molecule is N#Cc1ccccc1Sc1ccccc1C(=O)OCC(=O)N1CC(=O)Nc2ccccc21. The highest BCUT2D eigenvalue weighted by Crippen LogP contribution is 2.33. The van der Waals surface area contributed by atoms with Crippen LogP contribution in [0.3, 0.4) is 0 Å². The van der Waals surface area contributed by atoms with Gasteiger partial charge in [0, 0.05) is 9.79 Å². The first-order valence-corrected chi connectivity index (χ1v) is 10.5. The van der Waals surface area contributed by atoms with E-state index in [1.54, 1.807) is 66.7 Å². The van der Waals surface area contributed by atoms with Gasteiger partial charge in [-0.1, -0.05) is 48.2 Å². The van der Waals surface area contributed by atoms with E-state index in [9.17, 15) is 19.6 Å². The molecule has 0 saturated heterocycles. The highest BCUT2D eigenvalue weighted by Gasteiger charge is 2.27. The second-order valence-corrected chi connectivity index (χ2v) is 7.91. The lowest BCUT2D eigenvalue weighted by Gasteiger charge is -2.28. The molecule has 0 saturated carbocycles. The molecule has 7 nitrogen and oxygen atoms in total. The molecule has 1 aliphatic rings. The molecule has 0 radical (unpaired) electrons. The molecule has 3 aromatic rings. The second kappa shape index (κ2) is 9.37. The number of nitriles is 1. The van der Waals surface area contributed by atoms with Crippen molar-refractivity contribution in [3.05, 3.63) is 83.9 Å². The molecule has 158 valence electrons. The molecule has 0 aliphatic carbocycles. The summed E-state index contributed by atoms with van der Waals surface area (Å²) < 4.78 is 5.29. The Morgan fingerprint density at radius 2 is 1.69 bits per heavy atom. The van der Waals surface area contributed by atoms with Gasteiger partial charge in [-0.2, -0.15) is 5.26 Å². The number of rotatable bonds is 5. The molecule has 1 N–H and O–H groups in total. The van der Waals surface area contributed by atoms with Crippen LogP contribution in [0, 0.1) is 11.3 Å². The molecule has 8 heteroatoms. The van der Waals surface area contributed by atoms with Gasteiger partial charge in [-0.05, 0) is 36.4 Å². The third-order valence-electron chi connectivity index (χ3n) is 4.73. The van der Waals surface area contributed by atoms with Crippen molar-refractivity contribution in [3.63, 3.8) is 0 Å². The zero-order valence-electron chi connectivity index (χ0n) is 16.8. The van der Waals surface area contributed by atoms with Gasteiger partial charge in [0.15, 0.2) is 6.61 Å². The number of hydrogen-bond donors (Lipinski definition) is 1. The summed E-state index contributed by atoms with van der Waals surface area (Å²) in [4.78, 5) is 40.0. The van der Waals surface area contributed by atoms with Gasteiger partial charge in [0.25, 0.3) is 5.91 Å². The number of ether oxygens (including phenoxy) is 1. The van der Waals surface area contributed by atoms with Crippen LogP contribution in [-0.4, -0.2) is 30.9 Å². The summed E-state index contributed by atoms with van der Waals surface area (Å²) in [6.45, 7) is -0.654. The lowest BCUT2D eigenvalue weighted by Crippen LogP contribution is -2.44. The standard InChI is InChI=1S/C24H17N3O4S/c25-13-16-7-1-5-11-20(16)32-21-12-6-2-8-17(21)24(30)31-15-23(29)27-14-22(28)26-18-9-3-4-10-19(18)27/h1-12H,14-15H2,(H,26,28). The van der Waals surface area contributed by atoms with Crippen molar-refractivity contribution >= 4 is 40.9 Å². The number of hydrogen-bond acceptors (Lipinski definition) is 6. The largest absolute Gasteiger partial charge is 0.452 e. The van der Waals surface area contributed by atoms with E-state index in [4.69, 9.17) is 4.74 Å². The molecule has 2 amide bonds. The van der Waals surface area contributed by atoms with Crippen LogP contribution in [-0.2, 0) is 14.3 Å². The first-order chi connectivity index (χ1) is 15.6. The van der Waals surface area contributed by atoms with Crippen LogP contribution >= 0.6 is 11.8 Å². The Hall–Kier alpha value is -4.09. The summed E-state index contributed by atoms with van der Waals surface area (Å²) in [5.41, 5.74) is 1.87. The van der Waals surface area contributed by atoms with Crippen LogP contribution in [0.25, 0.3) is 0 Å². The van der Waals surface area contributed by atoms with E-state index in [0.29, 0.717) is 26.7 Å². The van der Waals surface area contributed by atoms with E-state index in [0.717, 1.165) is 0 Å². The van der Waals surface area contributed by atoms with Crippen molar-refractivity contribution in [3.8, 4) is 6.07 Å². The van der Waals surface area contributed by atoms with Gasteiger partial charge in [-0.15, -0.1) is 0 Å². The van der Waals surface area contributed by atoms with E-state index < -0.39 is 18.5 Å². The van der Waals surface area contributed by atoms with Gasteiger partial charge < -0.3 is 10.1 Å². The number of para-hydroxylation sites is 2. The highest BCUT2D eigenvalue weighted by atomic mass is 32.2. The van der Waals surface area contributed by atoms with Crippen molar-refractivity contribution in [2.45, 2.75) is 9.79 Å². The normalized spacial score (nSPS) is 12.3. The monoisotopic (exact) mass is 443 g/mol. The zero-order chi connectivity index (χ0) is 22.5. The van der Waals surface area contributed by atoms with E-state index >= 15 is 0 Å². The number of esters is 1. The van der Waals surface area contributed by atoms with E-state index in [1.165, 1.54) is 16.7 Å². The topological polar surface area (TPSA) is 99.5 Å². The minimum atomic E-state index is -0.661. The molecule has 1 aliphatic heterocycles. The maximum absolute atomic E-state index is 12.8. The lowest BCUT2D eigenvalue weighted by molar-refractivity contribution is -0.124. The zero-order valence-corrected chi connectivity index (χ0v) is 17.6. The molecule has 32 heavy (non-hydrogen) atoms. The molecular formula is C24H17N3O4S. The van der Waals surface area contributed by atoms with Crippen molar-refractivity contribution in [2.75, 3.05) is 23.4 Å². The summed E-state index contributed by atoms with van der Waals surface area (Å²) >= 11 is 1.28. The minimum Gasteiger partial charge on any atom is -0.452 e. The summed E-state index contributed by atoms with van der Waals surface area (Å²) in [6, 6.07) is 23.0. The predicted octanol–water partition coefficient (Wildman–Crippen LogP) is 3.85. The molecule has 0 bridgehead atoms. The Bertz CT molecular complexity index is 1250. The van der Waals surface area contributed by atoms with Gasteiger partial charge in [-0.25, -0.2) is 4.79 Å². The van der Waals surface area contributed by atoms with Crippen LogP contribution in [0.2, 0.25) is 0 Å². The first kappa shape index (κ1) is 21.2. The summed E-state index contributed by atoms with van der Waals surface area (Å²) in [5, 5.41) is 12.0. The van der Waals surface area contributed by atoms with Crippen LogP contribution < -0.4 is 10.2 Å².